The molecule has 0 amide bonds. The molecule has 23 heavy (non-hydrogen) atoms. The van der Waals surface area contributed by atoms with E-state index in [9.17, 15) is 14.7 Å². The Balaban J connectivity index is 2.22. The van der Waals surface area contributed by atoms with Crippen molar-refractivity contribution in [3.63, 3.8) is 0 Å². The number of aromatic amines is 1. The number of benzene rings is 1. The van der Waals surface area contributed by atoms with Gasteiger partial charge in [-0.15, -0.1) is 0 Å². The summed E-state index contributed by atoms with van der Waals surface area (Å²) < 4.78 is 0. The van der Waals surface area contributed by atoms with Crippen LogP contribution in [0.2, 0.25) is 0 Å². The largest absolute Gasteiger partial charge is 0.481 e. The molecule has 1 atom stereocenters. The number of hydrogen-bond acceptors (Lipinski definition) is 3. The highest BCUT2D eigenvalue weighted by Crippen LogP contribution is 2.23. The number of rotatable bonds is 8. The second-order valence-corrected chi connectivity index (χ2v) is 6.08. The number of likely N-dealkylation sites (N-methyl/N-ethyl adjacent to an activating group) is 1. The van der Waals surface area contributed by atoms with Crippen LogP contribution in [0, 0.1) is 5.92 Å². The highest BCUT2D eigenvalue weighted by Gasteiger charge is 2.21. The number of hydrogen-bond donors (Lipinski definition) is 3. The summed E-state index contributed by atoms with van der Waals surface area (Å²) in [6.45, 7) is 0.925. The first-order valence-electron chi connectivity index (χ1n) is 7.55. The Hall–Kier alpha value is -2.34. The summed E-state index contributed by atoms with van der Waals surface area (Å²) in [7, 11) is 4.03. The van der Waals surface area contributed by atoms with Gasteiger partial charge in [0.1, 0.15) is 0 Å². The van der Waals surface area contributed by atoms with Crippen LogP contribution in [-0.4, -0.2) is 52.7 Å². The first-order chi connectivity index (χ1) is 10.9. The van der Waals surface area contributed by atoms with Gasteiger partial charge in [0.25, 0.3) is 0 Å². The quantitative estimate of drug-likeness (QED) is 0.692. The minimum absolute atomic E-state index is 0.218. The Morgan fingerprint density at radius 2 is 2.00 bits per heavy atom. The van der Waals surface area contributed by atoms with Crippen molar-refractivity contribution in [2.75, 3.05) is 20.6 Å². The molecule has 6 heteroatoms. The molecule has 0 aliphatic heterocycles. The zero-order valence-corrected chi connectivity index (χ0v) is 13.4. The van der Waals surface area contributed by atoms with Gasteiger partial charge in [-0.25, -0.2) is 0 Å². The van der Waals surface area contributed by atoms with Gasteiger partial charge in [0.15, 0.2) is 0 Å². The molecular weight excluding hydrogens is 296 g/mol. The lowest BCUT2D eigenvalue weighted by Gasteiger charge is -2.11. The topological polar surface area (TPSA) is 93.6 Å². The van der Waals surface area contributed by atoms with Crippen LogP contribution in [0.1, 0.15) is 17.5 Å². The van der Waals surface area contributed by atoms with Gasteiger partial charge < -0.3 is 20.1 Å². The summed E-state index contributed by atoms with van der Waals surface area (Å²) in [5.41, 5.74) is 3.03. The molecule has 124 valence electrons. The molecule has 1 aromatic heterocycles. The van der Waals surface area contributed by atoms with E-state index in [2.05, 4.69) is 9.88 Å². The number of aromatic nitrogens is 1. The van der Waals surface area contributed by atoms with Crippen LogP contribution < -0.4 is 0 Å². The lowest BCUT2D eigenvalue weighted by molar-refractivity contribution is -0.148. The van der Waals surface area contributed by atoms with E-state index >= 15 is 0 Å². The fourth-order valence-electron chi connectivity index (χ4n) is 2.65. The third kappa shape index (κ3) is 4.56. The number of carboxylic acids is 2. The average Bonchev–Trinajstić information content (AvgIpc) is 2.86. The molecule has 0 aliphatic rings. The summed E-state index contributed by atoms with van der Waals surface area (Å²) in [6.07, 6.45) is 2.72. The number of nitrogens with zero attached hydrogens (tertiary/aromatic N) is 1. The molecule has 1 heterocycles. The van der Waals surface area contributed by atoms with Gasteiger partial charge in [-0.1, -0.05) is 6.07 Å². The third-order valence-electron chi connectivity index (χ3n) is 3.91. The van der Waals surface area contributed by atoms with Crippen LogP contribution in [0.4, 0.5) is 0 Å². The summed E-state index contributed by atoms with van der Waals surface area (Å²) in [5.74, 6) is -3.07. The van der Waals surface area contributed by atoms with Gasteiger partial charge >= 0.3 is 11.9 Å². The summed E-state index contributed by atoms with van der Waals surface area (Å²) in [4.78, 5) is 27.4. The SMILES string of the molecule is CN(C)CCc1c[nH]c2ccc(CC(CC(=O)O)C(=O)O)cc12. The number of fused-ring (bicyclic) bond motifs is 1. The molecule has 1 unspecified atom stereocenters. The van der Waals surface area contributed by atoms with Gasteiger partial charge in [-0.2, -0.15) is 0 Å². The van der Waals surface area contributed by atoms with Crippen molar-refractivity contribution in [2.45, 2.75) is 19.3 Å². The lowest BCUT2D eigenvalue weighted by atomic mass is 9.95. The molecule has 0 saturated carbocycles. The second kappa shape index (κ2) is 7.28. The van der Waals surface area contributed by atoms with E-state index in [1.54, 1.807) is 0 Å². The average molecular weight is 318 g/mol. The molecule has 6 nitrogen and oxygen atoms in total. The fraction of sp³-hybridized carbons (Fsp3) is 0.412. The Morgan fingerprint density at radius 1 is 1.26 bits per heavy atom. The molecule has 0 bridgehead atoms. The highest BCUT2D eigenvalue weighted by atomic mass is 16.4. The maximum atomic E-state index is 11.2. The molecule has 2 aromatic rings. The smallest absolute Gasteiger partial charge is 0.307 e. The van der Waals surface area contributed by atoms with Crippen LogP contribution in [0.15, 0.2) is 24.4 Å². The Kier molecular flexibility index (Phi) is 5.39. The Labute approximate surface area is 134 Å². The second-order valence-electron chi connectivity index (χ2n) is 6.08. The predicted molar refractivity (Wildman–Crippen MR) is 87.6 cm³/mol. The van der Waals surface area contributed by atoms with Crippen LogP contribution >= 0.6 is 0 Å². The molecular formula is C17H22N2O4. The monoisotopic (exact) mass is 318 g/mol. The normalized spacial score (nSPS) is 12.7. The van der Waals surface area contributed by atoms with Crippen molar-refractivity contribution in [1.82, 2.24) is 9.88 Å². The maximum Gasteiger partial charge on any atom is 0.307 e. The molecule has 0 spiro atoms. The Morgan fingerprint density at radius 3 is 2.61 bits per heavy atom. The van der Waals surface area contributed by atoms with Crippen molar-refractivity contribution in [2.24, 2.45) is 5.92 Å². The maximum absolute atomic E-state index is 11.2. The van der Waals surface area contributed by atoms with E-state index in [4.69, 9.17) is 5.11 Å². The molecule has 1 aromatic carbocycles. The first-order valence-corrected chi connectivity index (χ1v) is 7.55. The van der Waals surface area contributed by atoms with Crippen LogP contribution in [0.5, 0.6) is 0 Å². The summed E-state index contributed by atoms with van der Waals surface area (Å²) >= 11 is 0. The van der Waals surface area contributed by atoms with Crippen molar-refractivity contribution < 1.29 is 19.8 Å². The molecule has 0 aliphatic carbocycles. The van der Waals surface area contributed by atoms with Crippen LogP contribution in [-0.2, 0) is 22.4 Å². The number of carboxylic acid groups (broad SMARTS) is 2. The van der Waals surface area contributed by atoms with E-state index < -0.39 is 17.9 Å². The van der Waals surface area contributed by atoms with E-state index in [1.807, 2.05) is 38.5 Å². The molecule has 0 radical (unpaired) electrons. The minimum atomic E-state index is -1.09. The Bertz CT molecular complexity index is 706. The van der Waals surface area contributed by atoms with E-state index in [0.29, 0.717) is 0 Å². The zero-order valence-electron chi connectivity index (χ0n) is 13.4. The summed E-state index contributed by atoms with van der Waals surface area (Å²) in [5, 5.41) is 19.1. The number of H-pyrrole nitrogens is 1. The van der Waals surface area contributed by atoms with E-state index in [1.165, 1.54) is 5.56 Å². The number of nitrogens with one attached hydrogen (secondary N) is 1. The van der Waals surface area contributed by atoms with Gasteiger partial charge in [-0.3, -0.25) is 9.59 Å². The van der Waals surface area contributed by atoms with Gasteiger partial charge in [0.05, 0.1) is 12.3 Å². The third-order valence-corrected chi connectivity index (χ3v) is 3.91. The van der Waals surface area contributed by atoms with Crippen LogP contribution in [0.3, 0.4) is 0 Å². The summed E-state index contributed by atoms with van der Waals surface area (Å²) in [6, 6.07) is 5.74. The molecule has 0 fully saturated rings. The first kappa shape index (κ1) is 17.0. The van der Waals surface area contributed by atoms with Crippen molar-refractivity contribution in [3.05, 3.63) is 35.5 Å². The number of carbonyl (C=O) groups is 2. The number of aliphatic carboxylic acids is 2. The fourth-order valence-corrected chi connectivity index (χ4v) is 2.65. The predicted octanol–water partition coefficient (Wildman–Crippen LogP) is 1.99. The van der Waals surface area contributed by atoms with Crippen molar-refractivity contribution in [1.29, 1.82) is 0 Å². The highest BCUT2D eigenvalue weighted by molar-refractivity contribution is 5.84. The van der Waals surface area contributed by atoms with E-state index in [-0.39, 0.29) is 12.8 Å². The lowest BCUT2D eigenvalue weighted by Crippen LogP contribution is -2.20. The van der Waals surface area contributed by atoms with Gasteiger partial charge in [-0.05, 0) is 50.2 Å². The molecule has 2 rings (SSSR count). The van der Waals surface area contributed by atoms with Crippen molar-refractivity contribution in [3.8, 4) is 0 Å². The minimum Gasteiger partial charge on any atom is -0.481 e. The zero-order chi connectivity index (χ0) is 17.0. The molecule has 3 N–H and O–H groups in total. The van der Waals surface area contributed by atoms with Crippen molar-refractivity contribution >= 4 is 22.8 Å². The standard InChI is InChI=1S/C17H22N2O4/c1-19(2)6-5-12-10-18-15-4-3-11(8-14(12)15)7-13(17(22)23)9-16(20)21/h3-4,8,10,13,18H,5-7,9H2,1-2H3,(H,20,21)(H,22,23). The van der Waals surface area contributed by atoms with Crippen LogP contribution in [0.25, 0.3) is 10.9 Å². The van der Waals surface area contributed by atoms with Gasteiger partial charge in [0, 0.05) is 23.6 Å². The molecule has 0 saturated heterocycles. The van der Waals surface area contributed by atoms with Gasteiger partial charge in [0.2, 0.25) is 0 Å². The van der Waals surface area contributed by atoms with E-state index in [0.717, 1.165) is 29.4 Å².